The van der Waals surface area contributed by atoms with Gasteiger partial charge in [-0.15, -0.1) is 0 Å². The van der Waals surface area contributed by atoms with E-state index >= 15 is 0 Å². The third-order valence-corrected chi connectivity index (χ3v) is 15.0. The van der Waals surface area contributed by atoms with Crippen molar-refractivity contribution in [3.8, 4) is 23.0 Å². The van der Waals surface area contributed by atoms with E-state index in [2.05, 4.69) is 48.5 Å². The summed E-state index contributed by atoms with van der Waals surface area (Å²) in [6.45, 7) is 5.73. The first-order valence-electron chi connectivity index (χ1n) is 19.6. The molecule has 4 heterocycles. The zero-order chi connectivity index (χ0) is 37.5. The van der Waals surface area contributed by atoms with Crippen molar-refractivity contribution < 1.29 is 37.9 Å². The molecule has 0 unspecified atom stereocenters. The van der Waals surface area contributed by atoms with Gasteiger partial charge in [-0.1, -0.05) is 91.7 Å². The maximum absolute atomic E-state index is 6.84. The molecule has 4 aliphatic heterocycles. The lowest BCUT2D eigenvalue weighted by atomic mass is 9.88. The first-order chi connectivity index (χ1) is 27.7. The average molecular weight is 833 g/mol. The van der Waals surface area contributed by atoms with E-state index in [1.807, 2.05) is 43.2 Å². The Morgan fingerprint density at radius 1 is 0.268 bits per heavy atom. The topological polar surface area (TPSA) is 73.8 Å². The van der Waals surface area contributed by atoms with Crippen LogP contribution >= 0.6 is 43.2 Å². The minimum Gasteiger partial charge on any atom is -0.491 e. The summed E-state index contributed by atoms with van der Waals surface area (Å²) >= 11 is 0. The molecule has 4 aromatic carbocycles. The molecule has 296 valence electrons. The second kappa shape index (κ2) is 18.9. The van der Waals surface area contributed by atoms with Crippen molar-refractivity contribution in [2.24, 2.45) is 0 Å². The fourth-order valence-corrected chi connectivity index (χ4v) is 12.3. The Balaban J connectivity index is 1.32. The summed E-state index contributed by atoms with van der Waals surface area (Å²) < 4.78 is 51.3. The number of rotatable bonds is 0. The number of benzene rings is 4. The molecule has 0 N–H and O–H groups in total. The van der Waals surface area contributed by atoms with Gasteiger partial charge in [0, 0.05) is 48.7 Å². The van der Waals surface area contributed by atoms with Crippen LogP contribution < -0.4 is 18.9 Å². The van der Waals surface area contributed by atoms with Crippen molar-refractivity contribution in [2.45, 2.75) is 48.7 Å². The molecule has 5 aliphatic rings. The molecule has 0 radical (unpaired) electrons. The number of hydrogen-bond acceptors (Lipinski definition) is 12. The molecule has 0 atom stereocenters. The van der Waals surface area contributed by atoms with Crippen LogP contribution in [0.4, 0.5) is 0 Å². The fraction of sp³-hybridized carbons (Fsp3) is 0.455. The van der Waals surface area contributed by atoms with Gasteiger partial charge in [0.05, 0.1) is 52.9 Å². The van der Waals surface area contributed by atoms with E-state index in [1.165, 1.54) is 44.5 Å². The molecule has 16 bridgehead atoms. The maximum atomic E-state index is 6.84. The number of hydrogen-bond donors (Lipinski definition) is 0. The van der Waals surface area contributed by atoms with Crippen LogP contribution in [0.15, 0.2) is 48.5 Å². The van der Waals surface area contributed by atoms with E-state index in [1.54, 1.807) is 0 Å². The van der Waals surface area contributed by atoms with Gasteiger partial charge in [0.1, 0.15) is 49.4 Å². The number of fused-ring (bicyclic) bond motifs is 4. The maximum Gasteiger partial charge on any atom is 0.126 e. The quantitative estimate of drug-likeness (QED) is 0.140. The Hall–Kier alpha value is -2.68. The minimum atomic E-state index is 0.446. The molecule has 0 saturated heterocycles. The molecule has 0 amide bonds. The molecule has 0 spiro atoms. The Morgan fingerprint density at radius 3 is 0.679 bits per heavy atom. The lowest BCUT2D eigenvalue weighted by Gasteiger charge is -2.24. The smallest absolute Gasteiger partial charge is 0.126 e. The predicted molar refractivity (Wildman–Crippen MR) is 227 cm³/mol. The van der Waals surface area contributed by atoms with Gasteiger partial charge in [-0.3, -0.25) is 0 Å². The van der Waals surface area contributed by atoms with Gasteiger partial charge >= 0.3 is 0 Å². The largest absolute Gasteiger partial charge is 0.491 e. The summed E-state index contributed by atoms with van der Waals surface area (Å²) in [5.74, 6) is 7.31. The zero-order valence-electron chi connectivity index (χ0n) is 31.7. The van der Waals surface area contributed by atoms with Crippen LogP contribution in [0, 0.1) is 0 Å². The Bertz CT molecular complexity index is 1740. The van der Waals surface area contributed by atoms with Crippen LogP contribution in [0.3, 0.4) is 0 Å². The van der Waals surface area contributed by atoms with Gasteiger partial charge in [0.15, 0.2) is 0 Å². The normalized spacial score (nSPS) is 19.4. The summed E-state index contributed by atoms with van der Waals surface area (Å²) in [5.41, 5.74) is 14.5. The highest BCUT2D eigenvalue weighted by molar-refractivity contribution is 8.76. The van der Waals surface area contributed by atoms with Crippen LogP contribution in [-0.2, 0) is 67.6 Å². The van der Waals surface area contributed by atoms with Gasteiger partial charge in [-0.05, 0) is 66.8 Å². The molecule has 9 rings (SSSR count). The molecular formula is C44H48O8S4. The average Bonchev–Trinajstić information content (AvgIpc) is 3.23. The van der Waals surface area contributed by atoms with Gasteiger partial charge in [-0.2, -0.15) is 0 Å². The standard InChI is InChI=1S/C44H48O8S4/c1-2-46-6-10-50-42-34-14-30-18-38(42)24-40-20-32(28-56-54-26-30)16-36-22-35-15-31-19-39(43(35)51-11-7-47-3-4-48-8-12-52-44(36)40)23-37-17-29(25-53-55-27-31)13-33(21-34)41(37)49-9-5-45-1/h13-20H,1-12,21-28H2. The van der Waals surface area contributed by atoms with Crippen LogP contribution in [0.25, 0.3) is 0 Å². The van der Waals surface area contributed by atoms with Gasteiger partial charge in [0.25, 0.3) is 0 Å². The molecule has 0 fully saturated rings. The lowest BCUT2D eigenvalue weighted by molar-refractivity contribution is 0.0270. The predicted octanol–water partition coefficient (Wildman–Crippen LogP) is 8.76. The third kappa shape index (κ3) is 9.44. The Kier molecular flexibility index (Phi) is 13.1. The summed E-state index contributed by atoms with van der Waals surface area (Å²) in [6.07, 6.45) is 2.67. The van der Waals surface area contributed by atoms with E-state index in [9.17, 15) is 0 Å². The van der Waals surface area contributed by atoms with Crippen molar-refractivity contribution in [3.63, 3.8) is 0 Å². The van der Waals surface area contributed by atoms with Crippen LogP contribution in [0.1, 0.15) is 66.8 Å². The second-order valence-electron chi connectivity index (χ2n) is 14.6. The molecule has 0 aromatic heterocycles. The van der Waals surface area contributed by atoms with E-state index in [0.717, 1.165) is 68.3 Å². The van der Waals surface area contributed by atoms with Gasteiger partial charge in [0.2, 0.25) is 0 Å². The van der Waals surface area contributed by atoms with Crippen molar-refractivity contribution in [1.82, 2.24) is 0 Å². The second-order valence-corrected chi connectivity index (χ2v) is 19.5. The first kappa shape index (κ1) is 38.8. The van der Waals surface area contributed by atoms with Crippen molar-refractivity contribution in [3.05, 3.63) is 115 Å². The molecule has 0 saturated carbocycles. The molecule has 12 heteroatoms. The highest BCUT2D eigenvalue weighted by atomic mass is 33.1. The Labute approximate surface area is 345 Å². The highest BCUT2D eigenvalue weighted by Crippen LogP contribution is 2.44. The van der Waals surface area contributed by atoms with Crippen molar-refractivity contribution in [1.29, 1.82) is 0 Å². The molecule has 4 aromatic rings. The zero-order valence-corrected chi connectivity index (χ0v) is 34.9. The highest BCUT2D eigenvalue weighted by Gasteiger charge is 2.26. The monoisotopic (exact) mass is 832 g/mol. The minimum absolute atomic E-state index is 0.446. The van der Waals surface area contributed by atoms with Crippen molar-refractivity contribution >= 4 is 43.2 Å². The third-order valence-electron chi connectivity index (χ3n) is 10.4. The summed E-state index contributed by atoms with van der Waals surface area (Å²) in [7, 11) is 7.65. The van der Waals surface area contributed by atoms with Crippen LogP contribution in [0.2, 0.25) is 0 Å². The van der Waals surface area contributed by atoms with E-state index in [0.29, 0.717) is 105 Å². The van der Waals surface area contributed by atoms with Crippen LogP contribution in [0.5, 0.6) is 23.0 Å². The van der Waals surface area contributed by atoms with E-state index < -0.39 is 0 Å². The number of ether oxygens (including phenoxy) is 8. The van der Waals surface area contributed by atoms with Crippen molar-refractivity contribution in [2.75, 3.05) is 79.3 Å². The summed E-state index contributed by atoms with van der Waals surface area (Å²) in [5, 5.41) is 0. The lowest BCUT2D eigenvalue weighted by Crippen LogP contribution is -2.15. The summed E-state index contributed by atoms with van der Waals surface area (Å²) in [6, 6.07) is 18.9. The summed E-state index contributed by atoms with van der Waals surface area (Å²) in [4.78, 5) is 0. The van der Waals surface area contributed by atoms with E-state index in [-0.39, 0.29) is 0 Å². The van der Waals surface area contributed by atoms with Crippen LogP contribution in [-0.4, -0.2) is 79.3 Å². The molecular weight excluding hydrogens is 785 g/mol. The molecule has 8 nitrogen and oxygen atoms in total. The van der Waals surface area contributed by atoms with E-state index in [4.69, 9.17) is 37.9 Å². The Morgan fingerprint density at radius 2 is 0.464 bits per heavy atom. The fourth-order valence-electron chi connectivity index (χ4n) is 8.15. The first-order valence-corrected chi connectivity index (χ1v) is 24.6. The van der Waals surface area contributed by atoms with Gasteiger partial charge < -0.3 is 37.9 Å². The molecule has 1 aliphatic carbocycles. The SMILES string of the molecule is c1c2cc3c4c1Cc1cc(cc5c1OCCOCCOCCOc1c6cc(cc1C5)CSSCc1cc(c(c(c1)C3)OCCOCCOCCO4)C6)CSSC2. The van der Waals surface area contributed by atoms with Gasteiger partial charge in [-0.25, -0.2) is 0 Å². The molecule has 56 heavy (non-hydrogen) atoms.